The molecule has 6 nitrogen and oxygen atoms in total. The lowest BCUT2D eigenvalue weighted by atomic mass is 10.2. The molecule has 0 fully saturated rings. The molecule has 0 aliphatic heterocycles. The van der Waals surface area contributed by atoms with Crippen LogP contribution in [0, 0.1) is 6.92 Å². The van der Waals surface area contributed by atoms with Crippen LogP contribution in [0.5, 0.6) is 0 Å². The molecule has 0 saturated carbocycles. The SMILES string of the molecule is COCCCNC(=S)Nc1ccc(NS(=O)(=O)c2ccc(C)cc2)cc1. The van der Waals surface area contributed by atoms with Gasteiger partial charge in [-0.1, -0.05) is 17.7 Å². The van der Waals surface area contributed by atoms with E-state index in [9.17, 15) is 8.42 Å². The van der Waals surface area contributed by atoms with Crippen LogP contribution in [0.15, 0.2) is 53.4 Å². The van der Waals surface area contributed by atoms with Crippen molar-refractivity contribution in [1.82, 2.24) is 5.32 Å². The second-order valence-electron chi connectivity index (χ2n) is 5.72. The maximum atomic E-state index is 12.4. The molecule has 0 aliphatic carbocycles. The van der Waals surface area contributed by atoms with Crippen LogP contribution in [-0.4, -0.2) is 33.8 Å². The highest BCUT2D eigenvalue weighted by atomic mass is 32.2. The van der Waals surface area contributed by atoms with Gasteiger partial charge in [0, 0.05) is 31.6 Å². The number of anilines is 2. The molecular formula is C18H23N3O3S2. The number of hydrogen-bond donors (Lipinski definition) is 3. The lowest BCUT2D eigenvalue weighted by Crippen LogP contribution is -2.29. The zero-order chi connectivity index (χ0) is 19.0. The average Bonchev–Trinajstić information content (AvgIpc) is 2.61. The second-order valence-corrected chi connectivity index (χ2v) is 7.81. The summed E-state index contributed by atoms with van der Waals surface area (Å²) in [6.07, 6.45) is 0.859. The van der Waals surface area contributed by atoms with Crippen molar-refractivity contribution in [2.75, 3.05) is 30.3 Å². The van der Waals surface area contributed by atoms with Crippen LogP contribution >= 0.6 is 12.2 Å². The second kappa shape index (κ2) is 9.51. The zero-order valence-corrected chi connectivity index (χ0v) is 16.4. The lowest BCUT2D eigenvalue weighted by molar-refractivity contribution is 0.196. The van der Waals surface area contributed by atoms with E-state index in [1.54, 1.807) is 55.6 Å². The summed E-state index contributed by atoms with van der Waals surface area (Å²) < 4.78 is 32.3. The lowest BCUT2D eigenvalue weighted by Gasteiger charge is -2.12. The van der Waals surface area contributed by atoms with Gasteiger partial charge in [-0.2, -0.15) is 0 Å². The van der Waals surface area contributed by atoms with E-state index in [-0.39, 0.29) is 4.90 Å². The standard InChI is InChI=1S/C18H23N3O3S2/c1-14-4-10-17(11-5-14)26(22,23)21-16-8-6-15(7-9-16)20-18(25)19-12-3-13-24-2/h4-11,21H,3,12-13H2,1-2H3,(H2,19,20,25). The third-order valence-electron chi connectivity index (χ3n) is 3.54. The molecule has 2 rings (SSSR count). The molecule has 8 heteroatoms. The summed E-state index contributed by atoms with van der Waals surface area (Å²) in [6.45, 7) is 3.30. The third kappa shape index (κ3) is 6.29. The Kier molecular flexibility index (Phi) is 7.38. The average molecular weight is 394 g/mol. The van der Waals surface area contributed by atoms with Gasteiger partial charge in [-0.05, 0) is 62.0 Å². The van der Waals surface area contributed by atoms with Crippen LogP contribution in [0.1, 0.15) is 12.0 Å². The maximum absolute atomic E-state index is 12.4. The summed E-state index contributed by atoms with van der Waals surface area (Å²) in [5.41, 5.74) is 2.26. The largest absolute Gasteiger partial charge is 0.385 e. The topological polar surface area (TPSA) is 79.5 Å². The summed E-state index contributed by atoms with van der Waals surface area (Å²) in [7, 11) is -1.95. The zero-order valence-electron chi connectivity index (χ0n) is 14.8. The molecule has 0 aromatic heterocycles. The Labute approximate surface area is 160 Å². The van der Waals surface area contributed by atoms with Crippen molar-refractivity contribution >= 4 is 38.7 Å². The Balaban J connectivity index is 1.92. The number of methoxy groups -OCH3 is 1. The van der Waals surface area contributed by atoms with Gasteiger partial charge in [0.2, 0.25) is 0 Å². The smallest absolute Gasteiger partial charge is 0.261 e. The number of benzene rings is 2. The van der Waals surface area contributed by atoms with E-state index in [2.05, 4.69) is 15.4 Å². The monoisotopic (exact) mass is 393 g/mol. The Hall–Kier alpha value is -2.16. The van der Waals surface area contributed by atoms with E-state index < -0.39 is 10.0 Å². The predicted octanol–water partition coefficient (Wildman–Crippen LogP) is 3.12. The Bertz CT molecular complexity index is 820. The van der Waals surface area contributed by atoms with Crippen LogP contribution in [0.2, 0.25) is 0 Å². The van der Waals surface area contributed by atoms with E-state index in [0.717, 1.165) is 17.7 Å². The van der Waals surface area contributed by atoms with E-state index >= 15 is 0 Å². The quantitative estimate of drug-likeness (QED) is 0.472. The van der Waals surface area contributed by atoms with Gasteiger partial charge in [0.25, 0.3) is 10.0 Å². The minimum absolute atomic E-state index is 0.228. The fourth-order valence-corrected chi connectivity index (χ4v) is 3.43. The van der Waals surface area contributed by atoms with Gasteiger partial charge in [-0.25, -0.2) is 8.42 Å². The first kappa shape index (κ1) is 20.2. The van der Waals surface area contributed by atoms with Gasteiger partial charge in [-0.15, -0.1) is 0 Å². The van der Waals surface area contributed by atoms with Crippen LogP contribution in [0.3, 0.4) is 0 Å². The van der Waals surface area contributed by atoms with E-state index in [0.29, 0.717) is 24.0 Å². The molecule has 0 atom stereocenters. The number of thiocarbonyl (C=S) groups is 1. The van der Waals surface area contributed by atoms with Crippen molar-refractivity contribution < 1.29 is 13.2 Å². The molecule has 0 spiro atoms. The highest BCUT2D eigenvalue weighted by molar-refractivity contribution is 7.92. The number of hydrogen-bond acceptors (Lipinski definition) is 4. The van der Waals surface area contributed by atoms with E-state index in [1.807, 2.05) is 6.92 Å². The maximum Gasteiger partial charge on any atom is 0.261 e. The fraction of sp³-hybridized carbons (Fsp3) is 0.278. The van der Waals surface area contributed by atoms with Crippen molar-refractivity contribution in [3.8, 4) is 0 Å². The molecule has 26 heavy (non-hydrogen) atoms. The van der Waals surface area contributed by atoms with Crippen LogP contribution in [0.4, 0.5) is 11.4 Å². The first-order valence-corrected chi connectivity index (χ1v) is 10.0. The summed E-state index contributed by atoms with van der Waals surface area (Å²) in [4.78, 5) is 0.228. The Morgan fingerprint density at radius 2 is 1.65 bits per heavy atom. The van der Waals surface area contributed by atoms with Gasteiger partial charge in [0.15, 0.2) is 5.11 Å². The van der Waals surface area contributed by atoms with Crippen molar-refractivity contribution in [3.63, 3.8) is 0 Å². The van der Waals surface area contributed by atoms with Crippen LogP contribution in [-0.2, 0) is 14.8 Å². The normalized spacial score (nSPS) is 11.0. The predicted molar refractivity (Wildman–Crippen MR) is 109 cm³/mol. The summed E-state index contributed by atoms with van der Waals surface area (Å²) in [5.74, 6) is 0. The molecule has 0 radical (unpaired) electrons. The van der Waals surface area contributed by atoms with Crippen LogP contribution < -0.4 is 15.4 Å². The summed E-state index contributed by atoms with van der Waals surface area (Å²) >= 11 is 5.21. The molecule has 2 aromatic carbocycles. The molecule has 0 amide bonds. The van der Waals surface area contributed by atoms with Gasteiger partial charge in [0.1, 0.15) is 0 Å². The van der Waals surface area contributed by atoms with Gasteiger partial charge in [0.05, 0.1) is 4.90 Å². The van der Waals surface area contributed by atoms with Gasteiger partial charge < -0.3 is 15.4 Å². The number of ether oxygens (including phenoxy) is 1. The first-order valence-electron chi connectivity index (χ1n) is 8.14. The van der Waals surface area contributed by atoms with Gasteiger partial charge >= 0.3 is 0 Å². The molecule has 0 heterocycles. The van der Waals surface area contributed by atoms with E-state index in [4.69, 9.17) is 17.0 Å². The van der Waals surface area contributed by atoms with Crippen LogP contribution in [0.25, 0.3) is 0 Å². The molecule has 2 aromatic rings. The highest BCUT2D eigenvalue weighted by Crippen LogP contribution is 2.18. The number of nitrogens with one attached hydrogen (secondary N) is 3. The molecule has 0 saturated heterocycles. The van der Waals surface area contributed by atoms with E-state index in [1.165, 1.54) is 0 Å². The number of sulfonamides is 1. The molecule has 0 aliphatic rings. The minimum Gasteiger partial charge on any atom is -0.385 e. The Morgan fingerprint density at radius 3 is 2.27 bits per heavy atom. The number of aryl methyl sites for hydroxylation is 1. The highest BCUT2D eigenvalue weighted by Gasteiger charge is 2.13. The third-order valence-corrected chi connectivity index (χ3v) is 5.18. The minimum atomic E-state index is -3.60. The van der Waals surface area contributed by atoms with Crippen molar-refractivity contribution in [1.29, 1.82) is 0 Å². The fourth-order valence-electron chi connectivity index (χ4n) is 2.15. The molecule has 0 unspecified atom stereocenters. The van der Waals surface area contributed by atoms with Gasteiger partial charge in [-0.3, -0.25) is 4.72 Å². The van der Waals surface area contributed by atoms with Crippen molar-refractivity contribution in [2.45, 2.75) is 18.2 Å². The molecule has 3 N–H and O–H groups in total. The first-order chi connectivity index (χ1) is 12.4. The molecular weight excluding hydrogens is 370 g/mol. The van der Waals surface area contributed by atoms with Crippen molar-refractivity contribution in [3.05, 3.63) is 54.1 Å². The summed E-state index contributed by atoms with van der Waals surface area (Å²) in [5, 5.41) is 6.63. The molecule has 0 bridgehead atoms. The number of rotatable bonds is 8. The Morgan fingerprint density at radius 1 is 1.04 bits per heavy atom. The van der Waals surface area contributed by atoms with Crippen molar-refractivity contribution in [2.24, 2.45) is 0 Å². The molecule has 140 valence electrons. The summed E-state index contributed by atoms with van der Waals surface area (Å²) in [6, 6.07) is 13.6.